The van der Waals surface area contributed by atoms with Crippen LogP contribution in [0.4, 0.5) is 11.5 Å². The van der Waals surface area contributed by atoms with Crippen molar-refractivity contribution in [3.63, 3.8) is 0 Å². The Morgan fingerprint density at radius 2 is 1.95 bits per heavy atom. The minimum absolute atomic E-state index is 0.125. The third-order valence-corrected chi connectivity index (χ3v) is 3.45. The Balaban J connectivity index is 2.65. The maximum absolute atomic E-state index is 12.1. The van der Waals surface area contributed by atoms with E-state index >= 15 is 0 Å². The minimum Gasteiger partial charge on any atom is -0.383 e. The molecule has 0 unspecified atom stereocenters. The van der Waals surface area contributed by atoms with Crippen molar-refractivity contribution < 1.29 is 0 Å². The van der Waals surface area contributed by atoms with Gasteiger partial charge < -0.3 is 11.1 Å². The van der Waals surface area contributed by atoms with Gasteiger partial charge in [0.1, 0.15) is 11.5 Å². The number of nitrogens with one attached hydrogen (secondary N) is 2. The lowest BCUT2D eigenvalue weighted by Crippen LogP contribution is -2.33. The van der Waals surface area contributed by atoms with Gasteiger partial charge in [-0.2, -0.15) is 0 Å². The highest BCUT2D eigenvalue weighted by molar-refractivity contribution is 5.63. The third-order valence-electron chi connectivity index (χ3n) is 3.45. The van der Waals surface area contributed by atoms with E-state index in [9.17, 15) is 9.59 Å². The summed E-state index contributed by atoms with van der Waals surface area (Å²) in [6.07, 6.45) is 0.849. The van der Waals surface area contributed by atoms with Crippen LogP contribution in [-0.4, -0.2) is 16.1 Å². The van der Waals surface area contributed by atoms with Crippen LogP contribution >= 0.6 is 0 Å². The second kappa shape index (κ2) is 5.87. The molecular weight excluding hydrogens is 268 g/mol. The van der Waals surface area contributed by atoms with Crippen molar-refractivity contribution in [3.8, 4) is 5.69 Å². The SMILES string of the molecule is CCCNc1c(N)n(-c2ccc(C)c(C)c2)c(=O)[nH]c1=O. The summed E-state index contributed by atoms with van der Waals surface area (Å²) < 4.78 is 1.31. The molecule has 2 rings (SSSR count). The Hall–Kier alpha value is -2.50. The van der Waals surface area contributed by atoms with Crippen molar-refractivity contribution in [1.29, 1.82) is 0 Å². The minimum atomic E-state index is -0.539. The van der Waals surface area contributed by atoms with Crippen molar-refractivity contribution in [3.05, 3.63) is 50.2 Å². The van der Waals surface area contributed by atoms with Crippen molar-refractivity contribution in [1.82, 2.24) is 9.55 Å². The van der Waals surface area contributed by atoms with Gasteiger partial charge in [-0.15, -0.1) is 0 Å². The van der Waals surface area contributed by atoms with E-state index in [4.69, 9.17) is 5.73 Å². The fourth-order valence-corrected chi connectivity index (χ4v) is 2.09. The molecule has 1 aromatic carbocycles. The molecule has 0 amide bonds. The molecule has 6 nitrogen and oxygen atoms in total. The van der Waals surface area contributed by atoms with Crippen LogP contribution in [0.2, 0.25) is 0 Å². The van der Waals surface area contributed by atoms with Crippen LogP contribution in [0.25, 0.3) is 5.69 Å². The zero-order valence-corrected chi connectivity index (χ0v) is 12.5. The summed E-state index contributed by atoms with van der Waals surface area (Å²) in [4.78, 5) is 26.2. The smallest absolute Gasteiger partial charge is 0.334 e. The van der Waals surface area contributed by atoms with Crippen LogP contribution in [0, 0.1) is 13.8 Å². The first-order chi connectivity index (χ1) is 9.95. The Morgan fingerprint density at radius 3 is 2.57 bits per heavy atom. The molecule has 0 bridgehead atoms. The molecule has 1 heterocycles. The average molecular weight is 288 g/mol. The molecule has 1 aromatic heterocycles. The first-order valence-electron chi connectivity index (χ1n) is 6.92. The van der Waals surface area contributed by atoms with Crippen LogP contribution in [0.15, 0.2) is 27.8 Å². The average Bonchev–Trinajstić information content (AvgIpc) is 2.42. The van der Waals surface area contributed by atoms with E-state index in [2.05, 4.69) is 10.3 Å². The molecule has 0 fully saturated rings. The van der Waals surface area contributed by atoms with Gasteiger partial charge in [-0.25, -0.2) is 9.36 Å². The number of aromatic amines is 1. The number of hydrogen-bond acceptors (Lipinski definition) is 4. The van der Waals surface area contributed by atoms with E-state index < -0.39 is 11.2 Å². The Labute approximate surface area is 122 Å². The quantitative estimate of drug-likeness (QED) is 0.795. The number of rotatable bonds is 4. The Morgan fingerprint density at radius 1 is 1.24 bits per heavy atom. The summed E-state index contributed by atoms with van der Waals surface area (Å²) in [5, 5.41) is 2.97. The number of H-pyrrole nitrogens is 1. The van der Waals surface area contributed by atoms with Gasteiger partial charge in [-0.1, -0.05) is 13.0 Å². The van der Waals surface area contributed by atoms with Gasteiger partial charge in [-0.05, 0) is 43.5 Å². The highest BCUT2D eigenvalue weighted by atomic mass is 16.2. The van der Waals surface area contributed by atoms with Gasteiger partial charge >= 0.3 is 5.69 Å². The van der Waals surface area contributed by atoms with Gasteiger partial charge in [0.25, 0.3) is 5.56 Å². The molecule has 0 aliphatic heterocycles. The largest absolute Gasteiger partial charge is 0.383 e. The maximum atomic E-state index is 12.1. The number of nitrogens with zero attached hydrogens (tertiary/aromatic N) is 1. The van der Waals surface area contributed by atoms with E-state index in [1.807, 2.05) is 39.0 Å². The zero-order valence-electron chi connectivity index (χ0n) is 12.5. The molecule has 2 aromatic rings. The summed E-state index contributed by atoms with van der Waals surface area (Å²) in [6.45, 7) is 6.55. The Kier molecular flexibility index (Phi) is 4.16. The number of aryl methyl sites for hydroxylation is 2. The second-order valence-electron chi connectivity index (χ2n) is 5.05. The highest BCUT2D eigenvalue weighted by Gasteiger charge is 2.13. The number of aromatic nitrogens is 2. The number of nitrogens with two attached hydrogens (primary N) is 1. The van der Waals surface area contributed by atoms with Crippen LogP contribution in [0.1, 0.15) is 24.5 Å². The van der Waals surface area contributed by atoms with Crippen LogP contribution in [0.5, 0.6) is 0 Å². The van der Waals surface area contributed by atoms with Gasteiger partial charge in [0.2, 0.25) is 0 Å². The van der Waals surface area contributed by atoms with Crippen molar-refractivity contribution >= 4 is 11.5 Å². The van der Waals surface area contributed by atoms with E-state index in [1.54, 1.807) is 0 Å². The topological polar surface area (TPSA) is 92.9 Å². The lowest BCUT2D eigenvalue weighted by molar-refractivity contribution is 0.896. The molecule has 0 atom stereocenters. The lowest BCUT2D eigenvalue weighted by Gasteiger charge is -2.14. The number of anilines is 2. The maximum Gasteiger partial charge on any atom is 0.334 e. The second-order valence-corrected chi connectivity index (χ2v) is 5.05. The molecule has 0 radical (unpaired) electrons. The van der Waals surface area contributed by atoms with Crippen molar-refractivity contribution in [2.24, 2.45) is 0 Å². The van der Waals surface area contributed by atoms with Crippen LogP contribution in [-0.2, 0) is 0 Å². The van der Waals surface area contributed by atoms with Crippen LogP contribution in [0.3, 0.4) is 0 Å². The molecule has 4 N–H and O–H groups in total. The number of nitrogen functional groups attached to an aromatic ring is 1. The molecule has 0 aliphatic rings. The first kappa shape index (κ1) is 14.9. The fourth-order valence-electron chi connectivity index (χ4n) is 2.09. The molecule has 21 heavy (non-hydrogen) atoms. The summed E-state index contributed by atoms with van der Waals surface area (Å²) in [5.74, 6) is 0.125. The van der Waals surface area contributed by atoms with E-state index in [0.717, 1.165) is 17.5 Å². The lowest BCUT2D eigenvalue weighted by atomic mass is 10.1. The Bertz CT molecular complexity index is 774. The van der Waals surface area contributed by atoms with Gasteiger partial charge in [0.05, 0.1) is 5.69 Å². The van der Waals surface area contributed by atoms with Crippen molar-refractivity contribution in [2.45, 2.75) is 27.2 Å². The first-order valence-corrected chi connectivity index (χ1v) is 6.92. The summed E-state index contributed by atoms with van der Waals surface area (Å²) in [7, 11) is 0. The molecule has 0 saturated carbocycles. The van der Waals surface area contributed by atoms with Gasteiger partial charge in [0.15, 0.2) is 0 Å². The normalized spacial score (nSPS) is 10.6. The van der Waals surface area contributed by atoms with Crippen molar-refractivity contribution in [2.75, 3.05) is 17.6 Å². The molecule has 6 heteroatoms. The monoisotopic (exact) mass is 288 g/mol. The predicted molar refractivity (Wildman–Crippen MR) is 85.3 cm³/mol. The molecule has 112 valence electrons. The molecule has 0 spiro atoms. The third kappa shape index (κ3) is 2.84. The fraction of sp³-hybridized carbons (Fsp3) is 0.333. The number of benzene rings is 1. The van der Waals surface area contributed by atoms with E-state index in [1.165, 1.54) is 4.57 Å². The standard InChI is InChI=1S/C15H20N4O2/c1-4-7-17-12-13(16)19(15(21)18-14(12)20)11-6-5-9(2)10(3)8-11/h5-6,8,17H,4,7,16H2,1-3H3,(H,18,20,21). The van der Waals surface area contributed by atoms with E-state index in [-0.39, 0.29) is 11.5 Å². The zero-order chi connectivity index (χ0) is 15.6. The molecule has 0 saturated heterocycles. The molecule has 0 aliphatic carbocycles. The highest BCUT2D eigenvalue weighted by Crippen LogP contribution is 2.18. The summed E-state index contributed by atoms with van der Waals surface area (Å²) >= 11 is 0. The van der Waals surface area contributed by atoms with Gasteiger partial charge in [-0.3, -0.25) is 9.78 Å². The van der Waals surface area contributed by atoms with Crippen LogP contribution < -0.4 is 22.3 Å². The summed E-state index contributed by atoms with van der Waals surface area (Å²) in [5.41, 5.74) is 8.03. The molecular formula is C15H20N4O2. The predicted octanol–water partition coefficient (Wildman–Crippen LogP) is 1.55. The van der Waals surface area contributed by atoms with E-state index in [0.29, 0.717) is 12.2 Å². The summed E-state index contributed by atoms with van der Waals surface area (Å²) in [6, 6.07) is 5.60. The number of hydrogen-bond donors (Lipinski definition) is 3. The van der Waals surface area contributed by atoms with Gasteiger partial charge in [0, 0.05) is 6.54 Å².